The molecule has 0 unspecified atom stereocenters. The van der Waals surface area contributed by atoms with Crippen LogP contribution in [0.3, 0.4) is 0 Å². The van der Waals surface area contributed by atoms with Crippen LogP contribution < -0.4 is 0 Å². The van der Waals surface area contributed by atoms with E-state index in [2.05, 4.69) is 61.5 Å². The summed E-state index contributed by atoms with van der Waals surface area (Å²) >= 11 is 0. The number of rotatable bonds is 1. The van der Waals surface area contributed by atoms with Gasteiger partial charge < -0.3 is 4.42 Å². The van der Waals surface area contributed by atoms with Crippen molar-refractivity contribution in [2.24, 2.45) is 0 Å². The fourth-order valence-corrected chi connectivity index (χ4v) is 2.77. The van der Waals surface area contributed by atoms with Crippen LogP contribution >= 0.6 is 0 Å². The third-order valence-corrected chi connectivity index (χ3v) is 3.65. The Bertz CT molecular complexity index is 621. The quantitative estimate of drug-likeness (QED) is 0.681. The largest absolute Gasteiger partial charge is 0.462 e. The van der Waals surface area contributed by atoms with E-state index in [4.69, 9.17) is 9.40 Å². The number of hydrogen-bond donors (Lipinski definition) is 0. The van der Waals surface area contributed by atoms with Crippen molar-refractivity contribution in [1.82, 2.24) is 4.98 Å². The number of aromatic nitrogens is 1. The smallest absolute Gasteiger partial charge is 0.156 e. The molecule has 0 aliphatic rings. The topological polar surface area (TPSA) is 26.0 Å². The van der Waals surface area contributed by atoms with E-state index in [1.54, 1.807) is 6.26 Å². The van der Waals surface area contributed by atoms with Crippen LogP contribution in [0, 0.1) is 0 Å². The molecule has 0 radical (unpaired) electrons. The van der Waals surface area contributed by atoms with Gasteiger partial charge >= 0.3 is 0 Å². The zero-order chi connectivity index (χ0) is 15.3. The molecule has 0 fully saturated rings. The average molecular weight is 273 g/mol. The van der Waals surface area contributed by atoms with E-state index in [1.807, 2.05) is 0 Å². The molecule has 0 amide bonds. The fourth-order valence-electron chi connectivity index (χ4n) is 2.77. The molecule has 2 heteroatoms. The van der Waals surface area contributed by atoms with Gasteiger partial charge in [-0.1, -0.05) is 55.4 Å². The van der Waals surface area contributed by atoms with Crippen molar-refractivity contribution in [3.8, 4) is 0 Å². The van der Waals surface area contributed by atoms with Gasteiger partial charge in [0.25, 0.3) is 0 Å². The van der Waals surface area contributed by atoms with Crippen LogP contribution in [0.4, 0.5) is 0 Å². The molecule has 0 saturated heterocycles. The summed E-state index contributed by atoms with van der Waals surface area (Å²) in [5.41, 5.74) is 4.59. The van der Waals surface area contributed by atoms with Crippen LogP contribution in [0.1, 0.15) is 78.3 Å². The summed E-state index contributed by atoms with van der Waals surface area (Å²) in [6, 6.07) is 2.10. The number of fused-ring (bicyclic) bond motifs is 1. The minimum atomic E-state index is -0.0177. The van der Waals surface area contributed by atoms with Crippen LogP contribution in [0.2, 0.25) is 0 Å². The van der Waals surface area contributed by atoms with E-state index in [1.165, 1.54) is 16.6 Å². The van der Waals surface area contributed by atoms with Crippen LogP contribution in [0.25, 0.3) is 11.0 Å². The van der Waals surface area contributed by atoms with Crippen molar-refractivity contribution in [3.63, 3.8) is 0 Å². The summed E-state index contributed by atoms with van der Waals surface area (Å²) in [4.78, 5) is 5.02. The first kappa shape index (κ1) is 15.1. The molecule has 110 valence electrons. The summed E-state index contributed by atoms with van der Waals surface area (Å²) in [6.07, 6.45) is 1.79. The lowest BCUT2D eigenvalue weighted by molar-refractivity contribution is 0.527. The second-order valence-corrected chi connectivity index (χ2v) is 8.04. The van der Waals surface area contributed by atoms with Gasteiger partial charge in [0.15, 0.2) is 5.58 Å². The number of hydrogen-bond acceptors (Lipinski definition) is 2. The first-order chi connectivity index (χ1) is 9.03. The first-order valence-electron chi connectivity index (χ1n) is 7.45. The van der Waals surface area contributed by atoms with Crippen LogP contribution in [-0.2, 0) is 10.8 Å². The van der Waals surface area contributed by atoms with Crippen molar-refractivity contribution in [2.45, 2.75) is 72.1 Å². The highest BCUT2D eigenvalue weighted by molar-refractivity contribution is 5.85. The Labute approximate surface area is 122 Å². The zero-order valence-corrected chi connectivity index (χ0v) is 14.1. The van der Waals surface area contributed by atoms with E-state index in [-0.39, 0.29) is 10.8 Å². The molecule has 2 nitrogen and oxygen atoms in total. The standard InChI is InChI=1S/C18H27NO/c1-11(2)14-13(17(3,4)5)12-9-10-20-15(12)16(19-14)18(6,7)8/h9-11H,1-8H3. The third-order valence-electron chi connectivity index (χ3n) is 3.65. The summed E-state index contributed by atoms with van der Waals surface area (Å²) in [5, 5.41) is 1.22. The summed E-state index contributed by atoms with van der Waals surface area (Å²) in [5.74, 6) is 0.407. The van der Waals surface area contributed by atoms with E-state index in [9.17, 15) is 0 Å². The van der Waals surface area contributed by atoms with E-state index in [0.29, 0.717) is 5.92 Å². The Morgan fingerprint density at radius 1 is 1.00 bits per heavy atom. The second kappa shape index (κ2) is 4.61. The minimum absolute atomic E-state index is 0.0177. The van der Waals surface area contributed by atoms with Crippen molar-refractivity contribution >= 4 is 11.0 Å². The van der Waals surface area contributed by atoms with Crippen molar-refractivity contribution in [3.05, 3.63) is 29.3 Å². The maximum absolute atomic E-state index is 5.78. The van der Waals surface area contributed by atoms with Crippen molar-refractivity contribution < 1.29 is 4.42 Å². The average Bonchev–Trinajstić information content (AvgIpc) is 2.71. The molecule has 20 heavy (non-hydrogen) atoms. The molecular weight excluding hydrogens is 246 g/mol. The van der Waals surface area contributed by atoms with E-state index < -0.39 is 0 Å². The highest BCUT2D eigenvalue weighted by atomic mass is 16.3. The molecule has 0 bridgehead atoms. The van der Waals surface area contributed by atoms with Gasteiger partial charge in [0.05, 0.1) is 12.0 Å². The van der Waals surface area contributed by atoms with Crippen LogP contribution in [0.15, 0.2) is 16.7 Å². The molecule has 0 aliphatic heterocycles. The van der Waals surface area contributed by atoms with Crippen molar-refractivity contribution in [1.29, 1.82) is 0 Å². The lowest BCUT2D eigenvalue weighted by Gasteiger charge is -2.28. The Kier molecular flexibility index (Phi) is 3.48. The fraction of sp³-hybridized carbons (Fsp3) is 0.611. The molecule has 0 aliphatic carbocycles. The van der Waals surface area contributed by atoms with Crippen LogP contribution in [-0.4, -0.2) is 4.98 Å². The van der Waals surface area contributed by atoms with Gasteiger partial charge in [0.2, 0.25) is 0 Å². The second-order valence-electron chi connectivity index (χ2n) is 8.04. The van der Waals surface area contributed by atoms with Gasteiger partial charge in [-0.2, -0.15) is 0 Å². The maximum atomic E-state index is 5.78. The summed E-state index contributed by atoms with van der Waals surface area (Å²) < 4.78 is 5.78. The van der Waals surface area contributed by atoms with Gasteiger partial charge in [-0.05, 0) is 23.0 Å². The molecule has 2 aromatic heterocycles. The summed E-state index contributed by atoms with van der Waals surface area (Å²) in [6.45, 7) is 17.8. The molecule has 2 heterocycles. The lowest BCUT2D eigenvalue weighted by Crippen LogP contribution is -2.21. The molecule has 0 spiro atoms. The zero-order valence-electron chi connectivity index (χ0n) is 14.1. The van der Waals surface area contributed by atoms with Gasteiger partial charge in [-0.25, -0.2) is 0 Å². The molecule has 0 saturated carbocycles. The van der Waals surface area contributed by atoms with Gasteiger partial charge in [-0.3, -0.25) is 4.98 Å². The van der Waals surface area contributed by atoms with E-state index >= 15 is 0 Å². The predicted octanol–water partition coefficient (Wildman–Crippen LogP) is 5.55. The Hall–Kier alpha value is -1.31. The van der Waals surface area contributed by atoms with E-state index in [0.717, 1.165) is 11.3 Å². The maximum Gasteiger partial charge on any atom is 0.156 e. The molecule has 0 aromatic carbocycles. The monoisotopic (exact) mass is 273 g/mol. The molecule has 0 N–H and O–H groups in total. The molecule has 2 rings (SSSR count). The number of pyridine rings is 1. The first-order valence-corrected chi connectivity index (χ1v) is 7.45. The summed E-state index contributed by atoms with van der Waals surface area (Å²) in [7, 11) is 0. The molecular formula is C18H27NO. The third kappa shape index (κ3) is 2.48. The normalized spacial score (nSPS) is 13.4. The highest BCUT2D eigenvalue weighted by Gasteiger charge is 2.30. The molecule has 2 aromatic rings. The van der Waals surface area contributed by atoms with Crippen molar-refractivity contribution in [2.75, 3.05) is 0 Å². The highest BCUT2D eigenvalue weighted by Crippen LogP contribution is 2.39. The van der Waals surface area contributed by atoms with Gasteiger partial charge in [-0.15, -0.1) is 0 Å². The Morgan fingerprint density at radius 2 is 1.60 bits per heavy atom. The van der Waals surface area contributed by atoms with Gasteiger partial charge in [0.1, 0.15) is 0 Å². The Balaban J connectivity index is 2.93. The van der Waals surface area contributed by atoms with Crippen LogP contribution in [0.5, 0.6) is 0 Å². The minimum Gasteiger partial charge on any atom is -0.462 e. The number of furan rings is 1. The Morgan fingerprint density at radius 3 is 2.05 bits per heavy atom. The van der Waals surface area contributed by atoms with Gasteiger partial charge in [0, 0.05) is 16.5 Å². The predicted molar refractivity (Wildman–Crippen MR) is 85.5 cm³/mol. The SMILES string of the molecule is CC(C)c1nc(C(C)(C)C)c2occc2c1C(C)(C)C. The number of nitrogens with zero attached hydrogens (tertiary/aromatic N) is 1. The molecule has 0 atom stereocenters. The lowest BCUT2D eigenvalue weighted by atomic mass is 9.79.